The number of fused-ring (bicyclic) bond motifs is 1. The van der Waals surface area contributed by atoms with Crippen LogP contribution in [0.2, 0.25) is 0 Å². The summed E-state index contributed by atoms with van der Waals surface area (Å²) < 4.78 is 65.1. The predicted octanol–water partition coefficient (Wildman–Crippen LogP) is 3.91. The molecule has 1 amide bonds. The quantitative estimate of drug-likeness (QED) is 0.607. The standard InChI is InChI=1S/C19H16F5N5O2/c1-9(2)16-12-7-10(19(22,23)24)3-4-11(12)18(31)29(28-16)8-15(30)25-14-6-5-13(17(20)21)26-27-14/h3-7,9,17H,8H2,1-2H3,(H,25,27,30). The number of hydrogen-bond acceptors (Lipinski definition) is 5. The van der Waals surface area contributed by atoms with E-state index in [0.717, 1.165) is 35.0 Å². The minimum atomic E-state index is -4.59. The number of nitrogens with one attached hydrogen (secondary N) is 1. The normalized spacial score (nSPS) is 12.0. The zero-order chi connectivity index (χ0) is 22.9. The van der Waals surface area contributed by atoms with E-state index in [4.69, 9.17) is 0 Å². The maximum atomic E-state index is 13.1. The molecule has 0 bridgehead atoms. The first-order valence-corrected chi connectivity index (χ1v) is 9.01. The number of aromatic nitrogens is 4. The fourth-order valence-corrected chi connectivity index (χ4v) is 2.87. The fraction of sp³-hybridized carbons (Fsp3) is 0.316. The van der Waals surface area contributed by atoms with Gasteiger partial charge in [-0.15, -0.1) is 10.2 Å². The van der Waals surface area contributed by atoms with Gasteiger partial charge in [0.25, 0.3) is 12.0 Å². The summed E-state index contributed by atoms with van der Waals surface area (Å²) in [4.78, 5) is 25.0. The highest BCUT2D eigenvalue weighted by Crippen LogP contribution is 2.32. The van der Waals surface area contributed by atoms with Gasteiger partial charge in [0.1, 0.15) is 12.2 Å². The second-order valence-corrected chi connectivity index (χ2v) is 6.95. The molecule has 3 aromatic rings. The SMILES string of the molecule is CC(C)c1nn(CC(=O)Nc2ccc(C(F)F)nn2)c(=O)c2ccc(C(F)(F)F)cc12. The highest BCUT2D eigenvalue weighted by atomic mass is 19.4. The van der Waals surface area contributed by atoms with E-state index in [9.17, 15) is 31.5 Å². The van der Waals surface area contributed by atoms with Crippen molar-refractivity contribution in [2.24, 2.45) is 0 Å². The summed E-state index contributed by atoms with van der Waals surface area (Å²) in [6.45, 7) is 2.82. The lowest BCUT2D eigenvalue weighted by Gasteiger charge is -2.15. The van der Waals surface area contributed by atoms with E-state index in [1.807, 2.05) is 0 Å². The van der Waals surface area contributed by atoms with Crippen LogP contribution in [0.3, 0.4) is 0 Å². The van der Waals surface area contributed by atoms with Crippen molar-refractivity contribution in [3.8, 4) is 0 Å². The molecule has 31 heavy (non-hydrogen) atoms. The van der Waals surface area contributed by atoms with Crippen molar-refractivity contribution >= 4 is 22.5 Å². The first-order chi connectivity index (χ1) is 14.5. The number of rotatable bonds is 5. The van der Waals surface area contributed by atoms with E-state index in [-0.39, 0.29) is 28.2 Å². The molecule has 0 radical (unpaired) electrons. The number of benzene rings is 1. The summed E-state index contributed by atoms with van der Waals surface area (Å²) in [5.41, 5.74) is -2.01. The molecule has 1 N–H and O–H groups in total. The summed E-state index contributed by atoms with van der Waals surface area (Å²) in [5, 5.41) is 13.2. The van der Waals surface area contributed by atoms with Gasteiger partial charge < -0.3 is 5.32 Å². The monoisotopic (exact) mass is 441 g/mol. The van der Waals surface area contributed by atoms with E-state index in [2.05, 4.69) is 20.6 Å². The van der Waals surface area contributed by atoms with Gasteiger partial charge in [0, 0.05) is 5.39 Å². The zero-order valence-corrected chi connectivity index (χ0v) is 16.2. The van der Waals surface area contributed by atoms with Crippen LogP contribution in [0, 0.1) is 0 Å². The molecule has 1 aromatic carbocycles. The third kappa shape index (κ3) is 4.84. The van der Waals surface area contributed by atoms with Crippen molar-refractivity contribution < 1.29 is 26.7 Å². The van der Waals surface area contributed by atoms with Gasteiger partial charge in [0.05, 0.1) is 16.6 Å². The van der Waals surface area contributed by atoms with Crippen molar-refractivity contribution in [3.63, 3.8) is 0 Å². The minimum absolute atomic E-state index is 0.0134. The third-order valence-corrected chi connectivity index (χ3v) is 4.33. The Morgan fingerprint density at radius 2 is 1.81 bits per heavy atom. The number of amides is 1. The lowest BCUT2D eigenvalue weighted by atomic mass is 10.0. The predicted molar refractivity (Wildman–Crippen MR) is 101 cm³/mol. The summed E-state index contributed by atoms with van der Waals surface area (Å²) in [5.74, 6) is -1.19. The van der Waals surface area contributed by atoms with Crippen molar-refractivity contribution in [2.75, 3.05) is 5.32 Å². The van der Waals surface area contributed by atoms with Crippen LogP contribution in [-0.4, -0.2) is 25.9 Å². The highest BCUT2D eigenvalue weighted by Gasteiger charge is 2.31. The number of carbonyl (C=O) groups is 1. The number of carbonyl (C=O) groups excluding carboxylic acids is 1. The Morgan fingerprint density at radius 1 is 1.10 bits per heavy atom. The van der Waals surface area contributed by atoms with Gasteiger partial charge in [0.2, 0.25) is 5.91 Å². The molecule has 0 spiro atoms. The number of nitrogens with zero attached hydrogens (tertiary/aromatic N) is 4. The Balaban J connectivity index is 1.94. The largest absolute Gasteiger partial charge is 0.416 e. The molecule has 0 atom stereocenters. The molecule has 12 heteroatoms. The average molecular weight is 441 g/mol. The molecular formula is C19H16F5N5O2. The average Bonchev–Trinajstić information content (AvgIpc) is 2.69. The van der Waals surface area contributed by atoms with Crippen LogP contribution in [0.1, 0.15) is 43.1 Å². The number of hydrogen-bond donors (Lipinski definition) is 1. The third-order valence-electron chi connectivity index (χ3n) is 4.33. The van der Waals surface area contributed by atoms with Crippen LogP contribution < -0.4 is 10.9 Å². The van der Waals surface area contributed by atoms with Crippen LogP contribution in [0.25, 0.3) is 10.8 Å². The highest BCUT2D eigenvalue weighted by molar-refractivity contribution is 5.90. The number of halogens is 5. The Kier molecular flexibility index (Phi) is 6.00. The maximum Gasteiger partial charge on any atom is 0.416 e. The van der Waals surface area contributed by atoms with Crippen LogP contribution >= 0.6 is 0 Å². The smallest absolute Gasteiger partial charge is 0.308 e. The van der Waals surface area contributed by atoms with Gasteiger partial charge >= 0.3 is 6.18 Å². The molecule has 2 aromatic heterocycles. The van der Waals surface area contributed by atoms with E-state index in [1.165, 1.54) is 0 Å². The second kappa shape index (κ2) is 8.36. The lowest BCUT2D eigenvalue weighted by molar-refractivity contribution is -0.137. The van der Waals surface area contributed by atoms with Crippen molar-refractivity contribution in [3.05, 3.63) is 57.6 Å². The van der Waals surface area contributed by atoms with Gasteiger partial charge in [-0.25, -0.2) is 13.5 Å². The maximum absolute atomic E-state index is 13.1. The Morgan fingerprint density at radius 3 is 2.35 bits per heavy atom. The molecule has 2 heterocycles. The second-order valence-electron chi connectivity index (χ2n) is 6.95. The van der Waals surface area contributed by atoms with Crippen LogP contribution in [0.15, 0.2) is 35.1 Å². The Bertz CT molecular complexity index is 1170. The van der Waals surface area contributed by atoms with Crippen LogP contribution in [0.4, 0.5) is 27.8 Å². The van der Waals surface area contributed by atoms with Crippen LogP contribution in [-0.2, 0) is 17.5 Å². The fourth-order valence-electron chi connectivity index (χ4n) is 2.87. The molecule has 0 aliphatic rings. The Labute approximate surface area is 171 Å². The van der Waals surface area contributed by atoms with Gasteiger partial charge in [-0.2, -0.15) is 18.3 Å². The molecule has 3 rings (SSSR count). The van der Waals surface area contributed by atoms with Crippen molar-refractivity contribution in [1.82, 2.24) is 20.0 Å². The molecule has 0 fully saturated rings. The first-order valence-electron chi connectivity index (χ1n) is 9.01. The van der Waals surface area contributed by atoms with E-state index < -0.39 is 41.9 Å². The van der Waals surface area contributed by atoms with Gasteiger partial charge in [0.15, 0.2) is 5.82 Å². The number of anilines is 1. The van der Waals surface area contributed by atoms with Gasteiger partial charge in [-0.1, -0.05) is 13.8 Å². The Hall–Kier alpha value is -3.44. The lowest BCUT2D eigenvalue weighted by Crippen LogP contribution is -2.31. The molecule has 0 aliphatic heterocycles. The summed E-state index contributed by atoms with van der Waals surface area (Å²) in [6.07, 6.45) is -7.40. The van der Waals surface area contributed by atoms with Gasteiger partial charge in [-0.05, 0) is 36.2 Å². The minimum Gasteiger partial charge on any atom is -0.308 e. The summed E-state index contributed by atoms with van der Waals surface area (Å²) >= 11 is 0. The van der Waals surface area contributed by atoms with E-state index in [1.54, 1.807) is 13.8 Å². The number of alkyl halides is 5. The topological polar surface area (TPSA) is 89.8 Å². The first kappa shape index (κ1) is 22.2. The molecule has 0 unspecified atom stereocenters. The van der Waals surface area contributed by atoms with Gasteiger partial charge in [-0.3, -0.25) is 9.59 Å². The summed E-state index contributed by atoms with van der Waals surface area (Å²) in [7, 11) is 0. The molecule has 0 aliphatic carbocycles. The van der Waals surface area contributed by atoms with E-state index in [0.29, 0.717) is 0 Å². The van der Waals surface area contributed by atoms with Crippen molar-refractivity contribution in [1.29, 1.82) is 0 Å². The molecule has 0 saturated heterocycles. The van der Waals surface area contributed by atoms with Crippen LogP contribution in [0.5, 0.6) is 0 Å². The van der Waals surface area contributed by atoms with Crippen molar-refractivity contribution in [2.45, 2.75) is 38.9 Å². The molecule has 0 saturated carbocycles. The molecule has 164 valence electrons. The summed E-state index contributed by atoms with van der Waals surface area (Å²) in [6, 6.07) is 4.82. The van der Waals surface area contributed by atoms with E-state index >= 15 is 0 Å². The molecule has 7 nitrogen and oxygen atoms in total. The zero-order valence-electron chi connectivity index (χ0n) is 16.2. The molecular weight excluding hydrogens is 425 g/mol.